The lowest BCUT2D eigenvalue weighted by molar-refractivity contribution is -0.123. The first-order chi connectivity index (χ1) is 22.1. The molecule has 0 bridgehead atoms. The van der Waals surface area contributed by atoms with E-state index in [0.29, 0.717) is 11.3 Å². The number of carbonyl (C=O) groups excluding carboxylic acids is 1. The molecule has 0 aliphatic carbocycles. The molecule has 1 amide bonds. The number of aliphatic hydroxyl groups is 2. The van der Waals surface area contributed by atoms with Gasteiger partial charge in [-0.3, -0.25) is 10.1 Å². The molecule has 0 radical (unpaired) electrons. The van der Waals surface area contributed by atoms with Crippen molar-refractivity contribution in [3.8, 4) is 0 Å². The predicted octanol–water partition coefficient (Wildman–Crippen LogP) is 3.26. The highest BCUT2D eigenvalue weighted by molar-refractivity contribution is 7.89. The highest BCUT2D eigenvalue weighted by atomic mass is 32.2. The minimum Gasteiger partial charge on any atom is -0.399 e. The van der Waals surface area contributed by atoms with Crippen molar-refractivity contribution in [1.29, 1.82) is 0 Å². The first-order valence-corrected chi connectivity index (χ1v) is 17.3. The van der Waals surface area contributed by atoms with Gasteiger partial charge in [0.2, 0.25) is 15.9 Å². The molecule has 3 aromatic carbocycles. The van der Waals surface area contributed by atoms with Crippen LogP contribution in [0.5, 0.6) is 0 Å². The Morgan fingerprint density at radius 2 is 1.60 bits per heavy atom. The Morgan fingerprint density at radius 1 is 0.936 bits per heavy atom. The Bertz CT molecular complexity index is 1530. The van der Waals surface area contributed by atoms with E-state index in [1.54, 1.807) is 24.3 Å². The van der Waals surface area contributed by atoms with E-state index >= 15 is 0 Å². The van der Waals surface area contributed by atoms with Gasteiger partial charge in [-0.05, 0) is 59.2 Å². The third-order valence-electron chi connectivity index (χ3n) is 7.67. The Kier molecular flexibility index (Phi) is 13.9. The number of benzene rings is 3. The van der Waals surface area contributed by atoms with E-state index in [-0.39, 0.29) is 55.1 Å². The number of nitrogens with zero attached hydrogens (tertiary/aromatic N) is 1. The number of anilines is 1. The van der Waals surface area contributed by atoms with Gasteiger partial charge >= 0.3 is 0 Å². The maximum Gasteiger partial charge on any atom is 0.243 e. The third kappa shape index (κ3) is 12.0. The second kappa shape index (κ2) is 17.1. The van der Waals surface area contributed by atoms with Crippen molar-refractivity contribution >= 4 is 21.6 Å². The molecule has 47 heavy (non-hydrogen) atoms. The highest BCUT2D eigenvalue weighted by Crippen LogP contribution is 2.24. The van der Waals surface area contributed by atoms with Crippen LogP contribution < -0.4 is 21.7 Å². The lowest BCUT2D eigenvalue weighted by Crippen LogP contribution is -2.61. The van der Waals surface area contributed by atoms with Crippen molar-refractivity contribution in [2.75, 3.05) is 25.4 Å². The molecular weight excluding hydrogens is 621 g/mol. The molecule has 3 aromatic rings. The number of nitrogens with one attached hydrogen (secondary N) is 3. The van der Waals surface area contributed by atoms with Crippen LogP contribution in [0.4, 0.5) is 10.1 Å². The van der Waals surface area contributed by atoms with E-state index in [9.17, 15) is 27.8 Å². The summed E-state index contributed by atoms with van der Waals surface area (Å²) in [6, 6.07) is 19.9. The van der Waals surface area contributed by atoms with Gasteiger partial charge < -0.3 is 26.6 Å². The van der Waals surface area contributed by atoms with Crippen LogP contribution in [0, 0.1) is 17.2 Å². The number of halogens is 1. The molecule has 10 nitrogen and oxygen atoms in total. The van der Waals surface area contributed by atoms with Crippen LogP contribution in [0.15, 0.2) is 83.8 Å². The SMILES string of the molecule is CC(C)CN(C[C@@H](O)[C@H](Cc1ccccc1)NC(O)[C@@H](NC(=O)CNCc1cccc(F)c1)C(C)(C)C)S(=O)(=O)c1cccc(N)c1. The smallest absolute Gasteiger partial charge is 0.243 e. The molecule has 0 aliphatic rings. The minimum absolute atomic E-state index is 0.0273. The van der Waals surface area contributed by atoms with Gasteiger partial charge in [0.15, 0.2) is 0 Å². The number of hydrogen-bond acceptors (Lipinski definition) is 8. The Balaban J connectivity index is 1.80. The van der Waals surface area contributed by atoms with Crippen LogP contribution in [0.1, 0.15) is 45.7 Å². The number of hydrogen-bond donors (Lipinski definition) is 6. The molecule has 4 atom stereocenters. The summed E-state index contributed by atoms with van der Waals surface area (Å²) in [5.74, 6) is -0.782. The number of sulfonamides is 1. The maximum absolute atomic E-state index is 13.7. The second-order valence-corrected chi connectivity index (χ2v) is 15.3. The monoisotopic (exact) mass is 671 g/mol. The summed E-state index contributed by atoms with van der Waals surface area (Å²) in [5.41, 5.74) is 7.13. The van der Waals surface area contributed by atoms with Crippen LogP contribution in [-0.2, 0) is 27.8 Å². The standard InChI is InChI=1S/C35H50FN5O5S/c1-24(2)22-41(47(45,46)29-16-10-15-28(37)19-29)23-31(42)30(18-25-11-7-6-8-12-25)39-34(44)33(35(3,4)5)40-32(43)21-38-20-26-13-9-14-27(36)17-26/h6-17,19,24,30-31,33-34,38-39,42,44H,18,20-23,37H2,1-5H3,(H,40,43)/t30-,31+,33+,34?/m0/s1. The van der Waals surface area contributed by atoms with E-state index in [2.05, 4.69) is 16.0 Å². The van der Waals surface area contributed by atoms with Gasteiger partial charge in [0.05, 0.1) is 23.6 Å². The molecular formula is C35H50FN5O5S. The van der Waals surface area contributed by atoms with E-state index in [1.165, 1.54) is 28.6 Å². The maximum atomic E-state index is 13.7. The zero-order valence-corrected chi connectivity index (χ0v) is 28.7. The molecule has 12 heteroatoms. The van der Waals surface area contributed by atoms with Gasteiger partial charge in [0, 0.05) is 31.4 Å². The molecule has 258 valence electrons. The molecule has 3 rings (SSSR count). The van der Waals surface area contributed by atoms with E-state index in [1.807, 2.05) is 65.0 Å². The summed E-state index contributed by atoms with van der Waals surface area (Å²) in [6.07, 6.45) is -2.29. The van der Waals surface area contributed by atoms with E-state index in [4.69, 9.17) is 5.73 Å². The van der Waals surface area contributed by atoms with Crippen molar-refractivity contribution in [3.63, 3.8) is 0 Å². The van der Waals surface area contributed by atoms with Crippen LogP contribution >= 0.6 is 0 Å². The van der Waals surface area contributed by atoms with Gasteiger partial charge in [0.1, 0.15) is 12.0 Å². The third-order valence-corrected chi connectivity index (χ3v) is 9.50. The average Bonchev–Trinajstić information content (AvgIpc) is 2.99. The molecule has 0 spiro atoms. The average molecular weight is 672 g/mol. The van der Waals surface area contributed by atoms with Gasteiger partial charge in [-0.15, -0.1) is 0 Å². The lowest BCUT2D eigenvalue weighted by Gasteiger charge is -2.38. The van der Waals surface area contributed by atoms with Crippen LogP contribution in [0.25, 0.3) is 0 Å². The summed E-state index contributed by atoms with van der Waals surface area (Å²) in [6.45, 7) is 9.50. The van der Waals surface area contributed by atoms with Crippen LogP contribution in [-0.4, -0.2) is 72.9 Å². The number of amides is 1. The van der Waals surface area contributed by atoms with Crippen molar-refractivity contribution in [2.45, 2.75) is 76.9 Å². The largest absolute Gasteiger partial charge is 0.399 e. The number of nitrogen functional groups attached to an aromatic ring is 1. The number of rotatable bonds is 17. The normalized spacial score (nSPS) is 14.9. The van der Waals surface area contributed by atoms with Gasteiger partial charge in [-0.2, -0.15) is 4.31 Å². The second-order valence-electron chi connectivity index (χ2n) is 13.4. The fourth-order valence-corrected chi connectivity index (χ4v) is 6.97. The van der Waals surface area contributed by atoms with Crippen molar-refractivity contribution < 1.29 is 27.8 Å². The Hall–Kier alpha value is -3.39. The Morgan fingerprint density at radius 3 is 2.21 bits per heavy atom. The van der Waals surface area contributed by atoms with E-state index < -0.39 is 39.9 Å². The zero-order chi connectivity index (χ0) is 34.8. The number of nitrogens with two attached hydrogens (primary N) is 1. The molecule has 0 heterocycles. The van der Waals surface area contributed by atoms with Gasteiger partial charge in [0.25, 0.3) is 0 Å². The molecule has 7 N–H and O–H groups in total. The predicted molar refractivity (Wildman–Crippen MR) is 183 cm³/mol. The fourth-order valence-electron chi connectivity index (χ4n) is 5.29. The summed E-state index contributed by atoms with van der Waals surface area (Å²) in [4.78, 5) is 13.0. The number of carbonyl (C=O) groups is 1. The van der Waals surface area contributed by atoms with Crippen molar-refractivity contribution in [1.82, 2.24) is 20.3 Å². The summed E-state index contributed by atoms with van der Waals surface area (Å²) in [5, 5.41) is 32.2. The summed E-state index contributed by atoms with van der Waals surface area (Å²) in [7, 11) is -4.02. The topological polar surface area (TPSA) is 157 Å². The Labute approximate surface area is 278 Å². The van der Waals surface area contributed by atoms with Crippen molar-refractivity contribution in [2.24, 2.45) is 11.3 Å². The van der Waals surface area contributed by atoms with Gasteiger partial charge in [-0.25, -0.2) is 12.8 Å². The lowest BCUT2D eigenvalue weighted by atomic mass is 9.85. The molecule has 0 fully saturated rings. The zero-order valence-electron chi connectivity index (χ0n) is 27.9. The van der Waals surface area contributed by atoms with E-state index in [0.717, 1.165) is 5.56 Å². The minimum atomic E-state index is -4.02. The quantitative estimate of drug-likeness (QED) is 0.0944. The fraction of sp³-hybridized carbons (Fsp3) is 0.457. The molecule has 0 saturated carbocycles. The highest BCUT2D eigenvalue weighted by Gasteiger charge is 2.36. The van der Waals surface area contributed by atoms with Crippen LogP contribution in [0.2, 0.25) is 0 Å². The first-order valence-electron chi connectivity index (χ1n) is 15.8. The number of aliphatic hydroxyl groups excluding tert-OH is 2. The first kappa shape index (κ1) is 38.1. The van der Waals surface area contributed by atoms with Crippen molar-refractivity contribution in [3.05, 3.63) is 95.8 Å². The molecule has 1 unspecified atom stereocenters. The molecule has 0 aliphatic heterocycles. The summed E-state index contributed by atoms with van der Waals surface area (Å²) >= 11 is 0. The van der Waals surface area contributed by atoms with Crippen LogP contribution in [0.3, 0.4) is 0 Å². The summed E-state index contributed by atoms with van der Waals surface area (Å²) < 4.78 is 42.2. The van der Waals surface area contributed by atoms with Gasteiger partial charge in [-0.1, -0.05) is 83.1 Å². The molecule has 0 aromatic heterocycles. The molecule has 0 saturated heterocycles.